The summed E-state index contributed by atoms with van der Waals surface area (Å²) in [5, 5.41) is 0. The van der Waals surface area contributed by atoms with E-state index >= 15 is 0 Å². The Morgan fingerprint density at radius 3 is 2.20 bits per heavy atom. The third-order valence-corrected chi connectivity index (χ3v) is 4.08. The standard InChI is InChI=1S/C23H26N.BrH/c1-4-12-23(19-18-22-15-9-6-10-16-22)24(2,3)20-11-17-21-13-7-5-8-14-21;/h4-11,13-17,23H,1,12,20H2,2-3H3;1H/q+1;/p-1. The molecular formula is C23H26BrN. The average Bonchev–Trinajstić information content (AvgIpc) is 2.60. The van der Waals surface area contributed by atoms with Crippen LogP contribution in [0.4, 0.5) is 0 Å². The molecule has 0 aliphatic heterocycles. The van der Waals surface area contributed by atoms with E-state index in [2.05, 4.69) is 68.9 Å². The maximum Gasteiger partial charge on any atom is 0.154 e. The molecule has 0 N–H and O–H groups in total. The highest BCUT2D eigenvalue weighted by Gasteiger charge is 2.23. The van der Waals surface area contributed by atoms with Gasteiger partial charge in [-0.25, -0.2) is 0 Å². The molecule has 0 aliphatic carbocycles. The van der Waals surface area contributed by atoms with Crippen molar-refractivity contribution in [2.75, 3.05) is 20.6 Å². The highest BCUT2D eigenvalue weighted by molar-refractivity contribution is 5.48. The van der Waals surface area contributed by atoms with Crippen LogP contribution < -0.4 is 17.0 Å². The van der Waals surface area contributed by atoms with Crippen LogP contribution in [0.2, 0.25) is 0 Å². The van der Waals surface area contributed by atoms with E-state index in [1.807, 2.05) is 42.5 Å². The fraction of sp³-hybridized carbons (Fsp3) is 0.217. The Labute approximate surface area is 163 Å². The molecule has 0 bridgehead atoms. The minimum absolute atomic E-state index is 0. The maximum atomic E-state index is 3.90. The molecule has 2 rings (SSSR count). The highest BCUT2D eigenvalue weighted by atomic mass is 79.9. The van der Waals surface area contributed by atoms with Gasteiger partial charge in [-0.1, -0.05) is 66.6 Å². The van der Waals surface area contributed by atoms with Gasteiger partial charge in [0.2, 0.25) is 0 Å². The second kappa shape index (κ2) is 10.7. The van der Waals surface area contributed by atoms with E-state index in [0.29, 0.717) is 0 Å². The molecule has 0 aliphatic rings. The van der Waals surface area contributed by atoms with E-state index in [1.165, 1.54) is 5.56 Å². The molecule has 0 saturated carbocycles. The normalized spacial score (nSPS) is 11.9. The van der Waals surface area contributed by atoms with E-state index in [-0.39, 0.29) is 23.0 Å². The number of rotatable bonds is 6. The smallest absolute Gasteiger partial charge is 0.154 e. The molecule has 1 nitrogen and oxygen atoms in total. The van der Waals surface area contributed by atoms with Crippen LogP contribution in [-0.4, -0.2) is 31.2 Å². The Kier molecular flexibility index (Phi) is 8.99. The first-order valence-electron chi connectivity index (χ1n) is 8.33. The van der Waals surface area contributed by atoms with Crippen LogP contribution in [0.1, 0.15) is 17.5 Å². The van der Waals surface area contributed by atoms with Crippen LogP contribution in [0.15, 0.2) is 79.4 Å². The van der Waals surface area contributed by atoms with Crippen LogP contribution in [0, 0.1) is 11.8 Å². The maximum absolute atomic E-state index is 3.90. The van der Waals surface area contributed by atoms with Gasteiger partial charge in [-0.2, -0.15) is 0 Å². The molecule has 0 radical (unpaired) electrons. The summed E-state index contributed by atoms with van der Waals surface area (Å²) in [4.78, 5) is 0. The largest absolute Gasteiger partial charge is 1.00 e. The molecule has 2 heteroatoms. The Bertz CT molecular complexity index is 721. The molecule has 25 heavy (non-hydrogen) atoms. The van der Waals surface area contributed by atoms with Crippen molar-refractivity contribution in [1.82, 2.24) is 0 Å². The topological polar surface area (TPSA) is 0 Å². The van der Waals surface area contributed by atoms with Crippen LogP contribution in [0.3, 0.4) is 0 Å². The van der Waals surface area contributed by atoms with Gasteiger partial charge in [0.15, 0.2) is 6.04 Å². The number of quaternary nitrogens is 1. The van der Waals surface area contributed by atoms with Crippen molar-refractivity contribution in [3.8, 4) is 11.8 Å². The minimum Gasteiger partial charge on any atom is -1.00 e. The summed E-state index contributed by atoms with van der Waals surface area (Å²) in [5.74, 6) is 6.75. The lowest BCUT2D eigenvalue weighted by Gasteiger charge is -2.33. The van der Waals surface area contributed by atoms with Crippen molar-refractivity contribution in [2.45, 2.75) is 12.5 Å². The first-order chi connectivity index (χ1) is 11.6. The first kappa shape index (κ1) is 21.0. The number of nitrogens with zero attached hydrogens (tertiary/aromatic N) is 1. The zero-order valence-electron chi connectivity index (χ0n) is 15.0. The summed E-state index contributed by atoms with van der Waals surface area (Å²) in [6, 6.07) is 20.8. The Balaban J connectivity index is 0.00000312. The molecule has 0 aromatic heterocycles. The lowest BCUT2D eigenvalue weighted by molar-refractivity contribution is -0.900. The van der Waals surface area contributed by atoms with Crippen molar-refractivity contribution in [2.24, 2.45) is 0 Å². The van der Waals surface area contributed by atoms with Gasteiger partial charge < -0.3 is 21.5 Å². The van der Waals surface area contributed by atoms with Crippen LogP contribution in [0.25, 0.3) is 6.08 Å². The molecule has 130 valence electrons. The lowest BCUT2D eigenvalue weighted by Crippen LogP contribution is -3.00. The van der Waals surface area contributed by atoms with Crippen LogP contribution >= 0.6 is 0 Å². The van der Waals surface area contributed by atoms with Gasteiger partial charge >= 0.3 is 0 Å². The molecule has 0 saturated heterocycles. The minimum atomic E-state index is 0. The van der Waals surface area contributed by atoms with E-state index in [4.69, 9.17) is 0 Å². The van der Waals surface area contributed by atoms with Crippen molar-refractivity contribution in [3.63, 3.8) is 0 Å². The molecule has 1 atom stereocenters. The molecule has 2 aromatic carbocycles. The summed E-state index contributed by atoms with van der Waals surface area (Å²) in [5.41, 5.74) is 2.29. The monoisotopic (exact) mass is 395 g/mol. The van der Waals surface area contributed by atoms with Gasteiger partial charge in [-0.05, 0) is 29.7 Å². The number of benzene rings is 2. The molecule has 0 amide bonds. The fourth-order valence-corrected chi connectivity index (χ4v) is 2.52. The second-order valence-corrected chi connectivity index (χ2v) is 6.45. The van der Waals surface area contributed by atoms with E-state index in [0.717, 1.165) is 23.0 Å². The van der Waals surface area contributed by atoms with E-state index in [1.54, 1.807) is 0 Å². The predicted octanol–water partition coefficient (Wildman–Crippen LogP) is 1.78. The van der Waals surface area contributed by atoms with Gasteiger partial charge in [0.1, 0.15) is 0 Å². The Morgan fingerprint density at radius 1 is 1.00 bits per heavy atom. The van der Waals surface area contributed by atoms with Crippen molar-refractivity contribution < 1.29 is 21.5 Å². The molecule has 2 aromatic rings. The summed E-state index contributed by atoms with van der Waals surface area (Å²) in [6.07, 6.45) is 7.25. The quantitative estimate of drug-likeness (QED) is 0.397. The third-order valence-electron chi connectivity index (χ3n) is 4.08. The Morgan fingerprint density at radius 2 is 1.60 bits per heavy atom. The lowest BCUT2D eigenvalue weighted by atomic mass is 10.1. The molecule has 0 fully saturated rings. The zero-order chi connectivity index (χ0) is 17.3. The zero-order valence-corrected chi connectivity index (χ0v) is 16.6. The molecule has 0 heterocycles. The predicted molar refractivity (Wildman–Crippen MR) is 104 cm³/mol. The van der Waals surface area contributed by atoms with Gasteiger partial charge in [0.25, 0.3) is 0 Å². The van der Waals surface area contributed by atoms with Crippen LogP contribution in [0.5, 0.6) is 0 Å². The number of hydrogen-bond donors (Lipinski definition) is 0. The summed E-state index contributed by atoms with van der Waals surface area (Å²) in [7, 11) is 4.45. The average molecular weight is 396 g/mol. The number of hydrogen-bond acceptors (Lipinski definition) is 0. The van der Waals surface area contributed by atoms with Gasteiger partial charge in [0.05, 0.1) is 20.6 Å². The van der Waals surface area contributed by atoms with Gasteiger partial charge in [-0.15, -0.1) is 6.58 Å². The first-order valence-corrected chi connectivity index (χ1v) is 8.33. The summed E-state index contributed by atoms with van der Waals surface area (Å²) in [6.45, 7) is 4.83. The van der Waals surface area contributed by atoms with Crippen molar-refractivity contribution >= 4 is 6.08 Å². The van der Waals surface area contributed by atoms with E-state index < -0.39 is 0 Å². The Hall–Kier alpha value is -2.08. The molecular weight excluding hydrogens is 370 g/mol. The highest BCUT2D eigenvalue weighted by Crippen LogP contribution is 2.12. The van der Waals surface area contributed by atoms with Crippen LogP contribution in [-0.2, 0) is 0 Å². The molecule has 1 unspecified atom stereocenters. The van der Waals surface area contributed by atoms with Gasteiger partial charge in [0, 0.05) is 12.0 Å². The SMILES string of the molecule is C=CCC(C#Cc1ccccc1)[N+](C)(C)CC=Cc1ccccc1.[Br-]. The fourth-order valence-electron chi connectivity index (χ4n) is 2.52. The summed E-state index contributed by atoms with van der Waals surface area (Å²) < 4.78 is 0.815. The van der Waals surface area contributed by atoms with Crippen molar-refractivity contribution in [3.05, 3.63) is 90.5 Å². The summed E-state index contributed by atoms with van der Waals surface area (Å²) >= 11 is 0. The van der Waals surface area contributed by atoms with E-state index in [9.17, 15) is 0 Å². The number of halogens is 1. The number of likely N-dealkylation sites (N-methyl/N-ethyl adjacent to an activating group) is 1. The van der Waals surface area contributed by atoms with Crippen molar-refractivity contribution in [1.29, 1.82) is 0 Å². The molecule has 0 spiro atoms. The van der Waals surface area contributed by atoms with Gasteiger partial charge in [-0.3, -0.25) is 0 Å². The second-order valence-electron chi connectivity index (χ2n) is 6.45. The third kappa shape index (κ3) is 7.13.